The molecule has 4 nitrogen and oxygen atoms in total. The number of aliphatic hydroxyl groups is 1. The molecule has 29 heavy (non-hydrogen) atoms. The minimum atomic E-state index is -0.699. The monoisotopic (exact) mass is 387 g/mol. The number of amides is 1. The van der Waals surface area contributed by atoms with E-state index >= 15 is 0 Å². The van der Waals surface area contributed by atoms with Gasteiger partial charge >= 0.3 is 0 Å². The van der Waals surface area contributed by atoms with E-state index in [2.05, 4.69) is 0 Å². The molecule has 3 aromatic rings. The lowest BCUT2D eigenvalue weighted by Gasteiger charge is -2.49. The Bertz CT molecular complexity index is 941. The van der Waals surface area contributed by atoms with E-state index in [-0.39, 0.29) is 11.9 Å². The van der Waals surface area contributed by atoms with Gasteiger partial charge in [0.25, 0.3) is 0 Å². The predicted molar refractivity (Wildman–Crippen MR) is 114 cm³/mol. The van der Waals surface area contributed by atoms with Crippen molar-refractivity contribution in [3.05, 3.63) is 96.1 Å². The lowest BCUT2D eigenvalue weighted by Crippen LogP contribution is -2.59. The van der Waals surface area contributed by atoms with Crippen molar-refractivity contribution in [3.8, 4) is 5.75 Å². The number of β-lactam (4-membered cyclic amide) rings is 1. The minimum absolute atomic E-state index is 0.0300. The van der Waals surface area contributed by atoms with Crippen LogP contribution in [-0.4, -0.2) is 24.2 Å². The lowest BCUT2D eigenvalue weighted by atomic mass is 9.76. The average molecular weight is 387 g/mol. The Labute approximate surface area is 171 Å². The smallest absolute Gasteiger partial charge is 0.235 e. The molecule has 1 unspecified atom stereocenters. The van der Waals surface area contributed by atoms with Gasteiger partial charge in [0.15, 0.2) is 0 Å². The van der Waals surface area contributed by atoms with Gasteiger partial charge < -0.3 is 14.7 Å². The van der Waals surface area contributed by atoms with Crippen LogP contribution in [0.25, 0.3) is 0 Å². The van der Waals surface area contributed by atoms with Crippen LogP contribution < -0.4 is 9.64 Å². The lowest BCUT2D eigenvalue weighted by molar-refractivity contribution is -0.136. The largest absolute Gasteiger partial charge is 0.497 e. The number of para-hydroxylation sites is 1. The van der Waals surface area contributed by atoms with Gasteiger partial charge in [-0.2, -0.15) is 0 Å². The molecule has 0 aliphatic carbocycles. The number of aryl methyl sites for hydroxylation is 1. The first-order chi connectivity index (χ1) is 14.2. The Morgan fingerprint density at radius 3 is 2.17 bits per heavy atom. The number of methoxy groups -OCH3 is 1. The summed E-state index contributed by atoms with van der Waals surface area (Å²) in [6.07, 6.45) is 0.595. The fourth-order valence-electron chi connectivity index (χ4n) is 4.06. The number of hydrogen-bond acceptors (Lipinski definition) is 3. The second-order valence-corrected chi connectivity index (χ2v) is 7.38. The molecule has 0 spiro atoms. The van der Waals surface area contributed by atoms with Crippen LogP contribution in [0.3, 0.4) is 0 Å². The molecule has 0 radical (unpaired) electrons. The van der Waals surface area contributed by atoms with E-state index < -0.39 is 12.0 Å². The first-order valence-electron chi connectivity index (χ1n) is 9.93. The van der Waals surface area contributed by atoms with E-state index in [1.165, 1.54) is 5.56 Å². The molecule has 1 N–H and O–H groups in total. The molecule has 1 saturated heterocycles. The zero-order valence-corrected chi connectivity index (χ0v) is 16.4. The van der Waals surface area contributed by atoms with Crippen molar-refractivity contribution >= 4 is 11.6 Å². The maximum atomic E-state index is 13.1. The summed E-state index contributed by atoms with van der Waals surface area (Å²) < 4.78 is 5.27. The van der Waals surface area contributed by atoms with Crippen LogP contribution in [0.1, 0.15) is 23.6 Å². The molecule has 3 atom stereocenters. The van der Waals surface area contributed by atoms with Gasteiger partial charge in [-0.1, -0.05) is 60.7 Å². The Morgan fingerprint density at radius 2 is 1.55 bits per heavy atom. The molecular weight excluding hydrogens is 362 g/mol. The Hall–Kier alpha value is -3.11. The molecule has 148 valence electrons. The number of ether oxygens (including phenoxy) is 1. The van der Waals surface area contributed by atoms with Crippen molar-refractivity contribution in [2.45, 2.75) is 25.0 Å². The number of rotatable bonds is 7. The molecule has 4 heteroatoms. The molecule has 1 heterocycles. The number of carbonyl (C=O) groups excluding carboxylic acids is 1. The Morgan fingerprint density at radius 1 is 0.931 bits per heavy atom. The van der Waals surface area contributed by atoms with Crippen molar-refractivity contribution in [2.75, 3.05) is 12.0 Å². The minimum Gasteiger partial charge on any atom is -0.497 e. The normalized spacial score (nSPS) is 19.5. The summed E-state index contributed by atoms with van der Waals surface area (Å²) in [4.78, 5) is 14.9. The molecule has 3 aromatic carbocycles. The third kappa shape index (κ3) is 3.89. The van der Waals surface area contributed by atoms with E-state index in [1.807, 2.05) is 84.9 Å². The predicted octanol–water partition coefficient (Wildman–Crippen LogP) is 4.39. The second kappa shape index (κ2) is 8.50. The number of hydrogen-bond donors (Lipinski definition) is 1. The summed E-state index contributed by atoms with van der Waals surface area (Å²) in [5, 5.41) is 10.9. The quantitative estimate of drug-likeness (QED) is 0.612. The third-order valence-corrected chi connectivity index (χ3v) is 5.62. The molecule has 4 rings (SSSR count). The van der Waals surface area contributed by atoms with Gasteiger partial charge in [-0.15, -0.1) is 0 Å². The van der Waals surface area contributed by atoms with Crippen molar-refractivity contribution < 1.29 is 14.6 Å². The Balaban J connectivity index is 1.58. The number of nitrogens with zero attached hydrogens (tertiary/aromatic N) is 1. The highest BCUT2D eigenvalue weighted by molar-refractivity contribution is 6.03. The van der Waals surface area contributed by atoms with Gasteiger partial charge in [0.1, 0.15) is 5.75 Å². The fourth-order valence-corrected chi connectivity index (χ4v) is 4.06. The summed E-state index contributed by atoms with van der Waals surface area (Å²) in [5.41, 5.74) is 3.02. The van der Waals surface area contributed by atoms with Gasteiger partial charge in [0.05, 0.1) is 25.2 Å². The maximum absolute atomic E-state index is 13.1. The van der Waals surface area contributed by atoms with Crippen LogP contribution in [0.2, 0.25) is 0 Å². The molecule has 1 fully saturated rings. The Kier molecular flexibility index (Phi) is 5.63. The van der Waals surface area contributed by atoms with E-state index in [0.29, 0.717) is 6.42 Å². The van der Waals surface area contributed by atoms with Crippen molar-refractivity contribution in [2.24, 2.45) is 5.92 Å². The summed E-state index contributed by atoms with van der Waals surface area (Å²) in [5.74, 6) is 0.289. The maximum Gasteiger partial charge on any atom is 0.235 e. The number of anilines is 1. The van der Waals surface area contributed by atoms with Gasteiger partial charge in [-0.05, 0) is 48.2 Å². The molecule has 1 aliphatic rings. The van der Waals surface area contributed by atoms with E-state index in [0.717, 1.165) is 23.4 Å². The van der Waals surface area contributed by atoms with Gasteiger partial charge in [-0.25, -0.2) is 0 Å². The van der Waals surface area contributed by atoms with Crippen molar-refractivity contribution in [1.82, 2.24) is 0 Å². The highest BCUT2D eigenvalue weighted by atomic mass is 16.5. The topological polar surface area (TPSA) is 49.8 Å². The van der Waals surface area contributed by atoms with Crippen LogP contribution in [0, 0.1) is 5.92 Å². The van der Waals surface area contributed by atoms with Crippen LogP contribution in [-0.2, 0) is 11.2 Å². The summed E-state index contributed by atoms with van der Waals surface area (Å²) in [6.45, 7) is 0. The molecule has 0 saturated carbocycles. The number of carbonyl (C=O) groups is 1. The van der Waals surface area contributed by atoms with Gasteiger partial charge in [0, 0.05) is 5.69 Å². The van der Waals surface area contributed by atoms with Gasteiger partial charge in [0.2, 0.25) is 5.91 Å². The second-order valence-electron chi connectivity index (χ2n) is 7.38. The first-order valence-corrected chi connectivity index (χ1v) is 9.93. The molecule has 1 amide bonds. The highest BCUT2D eigenvalue weighted by Gasteiger charge is 2.51. The third-order valence-electron chi connectivity index (χ3n) is 5.62. The van der Waals surface area contributed by atoms with E-state index in [1.54, 1.807) is 12.0 Å². The first kappa shape index (κ1) is 19.2. The number of benzene rings is 3. The fraction of sp³-hybridized carbons (Fsp3) is 0.240. The zero-order chi connectivity index (χ0) is 20.2. The summed E-state index contributed by atoms with van der Waals surface area (Å²) in [7, 11) is 1.63. The van der Waals surface area contributed by atoms with Crippen molar-refractivity contribution in [1.29, 1.82) is 0 Å². The summed E-state index contributed by atoms with van der Waals surface area (Å²) >= 11 is 0. The molecule has 1 aliphatic heterocycles. The highest BCUT2D eigenvalue weighted by Crippen LogP contribution is 2.46. The SMILES string of the molecule is COc1ccc([C@@H]2[C@@H](C(O)CCc3ccccc3)C(=O)N2c2ccccc2)cc1. The molecular formula is C25H25NO3. The van der Waals surface area contributed by atoms with Crippen LogP contribution in [0.4, 0.5) is 5.69 Å². The molecule has 0 aromatic heterocycles. The van der Waals surface area contributed by atoms with Crippen LogP contribution in [0.5, 0.6) is 5.75 Å². The summed E-state index contributed by atoms with van der Waals surface area (Å²) in [6, 6.07) is 27.3. The van der Waals surface area contributed by atoms with E-state index in [4.69, 9.17) is 4.74 Å². The van der Waals surface area contributed by atoms with Crippen LogP contribution >= 0.6 is 0 Å². The zero-order valence-electron chi connectivity index (χ0n) is 16.4. The van der Waals surface area contributed by atoms with Crippen LogP contribution in [0.15, 0.2) is 84.9 Å². The number of aliphatic hydroxyl groups excluding tert-OH is 1. The van der Waals surface area contributed by atoms with Crippen molar-refractivity contribution in [3.63, 3.8) is 0 Å². The van der Waals surface area contributed by atoms with E-state index in [9.17, 15) is 9.90 Å². The molecule has 0 bridgehead atoms. The standard InChI is InChI=1S/C25H25NO3/c1-29-21-15-13-19(14-16-21)24-23(22(27)17-12-18-8-4-2-5-9-18)25(28)26(24)20-10-6-3-7-11-20/h2-11,13-16,22-24,27H,12,17H2,1H3/t22?,23-,24-/m1/s1. The average Bonchev–Trinajstić information content (AvgIpc) is 2.77. The van der Waals surface area contributed by atoms with Gasteiger partial charge in [-0.3, -0.25) is 4.79 Å².